The second-order valence-electron chi connectivity index (χ2n) is 5.71. The highest BCUT2D eigenvalue weighted by molar-refractivity contribution is 5.95. The number of hydrogen-bond donors (Lipinski definition) is 1. The van der Waals surface area contributed by atoms with E-state index in [1.807, 2.05) is 25.9 Å². The number of halogens is 3. The van der Waals surface area contributed by atoms with Crippen molar-refractivity contribution < 1.29 is 18.0 Å². The maximum atomic E-state index is 13.5. The molecule has 1 heterocycles. The number of alkyl halides is 3. The minimum Gasteiger partial charge on any atom is -0.351 e. The molecule has 24 heavy (non-hydrogen) atoms. The average Bonchev–Trinajstić information content (AvgIpc) is 2.92. The average molecular weight is 340 g/mol. The van der Waals surface area contributed by atoms with Crippen molar-refractivity contribution in [3.8, 4) is 5.69 Å². The SMILES string of the molecule is Cc1ccc(-n2ncc(C(=O)NCCN(C)C)c2C(F)(F)F)cc1. The quantitative estimate of drug-likeness (QED) is 0.910. The topological polar surface area (TPSA) is 50.2 Å². The molecule has 2 aromatic rings. The monoisotopic (exact) mass is 340 g/mol. The maximum absolute atomic E-state index is 13.5. The standard InChI is InChI=1S/C16H19F3N4O/c1-11-4-6-12(7-5-11)23-14(16(17,18)19)13(10-21-23)15(24)20-8-9-22(2)3/h4-7,10H,8-9H2,1-3H3,(H,20,24). The van der Waals surface area contributed by atoms with Gasteiger partial charge in [-0.1, -0.05) is 17.7 Å². The molecular formula is C16H19F3N4O. The second kappa shape index (κ2) is 7.04. The van der Waals surface area contributed by atoms with Crippen molar-refractivity contribution in [1.29, 1.82) is 0 Å². The summed E-state index contributed by atoms with van der Waals surface area (Å²) in [6.45, 7) is 2.61. The Bertz CT molecular complexity index is 705. The molecule has 0 aliphatic heterocycles. The Hall–Kier alpha value is -2.35. The zero-order chi connectivity index (χ0) is 17.9. The Labute approximate surface area is 138 Å². The third-order valence-corrected chi connectivity index (χ3v) is 3.41. The van der Waals surface area contributed by atoms with Gasteiger partial charge < -0.3 is 10.2 Å². The van der Waals surface area contributed by atoms with Gasteiger partial charge in [-0.25, -0.2) is 4.68 Å². The van der Waals surface area contributed by atoms with Crippen molar-refractivity contribution in [1.82, 2.24) is 20.0 Å². The van der Waals surface area contributed by atoms with Crippen LogP contribution in [0.25, 0.3) is 5.69 Å². The number of carbonyl (C=O) groups excluding carboxylic acids is 1. The molecule has 130 valence electrons. The van der Waals surface area contributed by atoms with Gasteiger partial charge in [0.25, 0.3) is 5.91 Å². The zero-order valence-corrected chi connectivity index (χ0v) is 13.7. The van der Waals surface area contributed by atoms with Gasteiger partial charge in [-0.3, -0.25) is 4.79 Å². The van der Waals surface area contributed by atoms with E-state index in [4.69, 9.17) is 0 Å². The van der Waals surface area contributed by atoms with Gasteiger partial charge in [-0.05, 0) is 33.2 Å². The molecule has 0 atom stereocenters. The Morgan fingerprint density at radius 2 is 1.88 bits per heavy atom. The van der Waals surface area contributed by atoms with Crippen LogP contribution in [-0.4, -0.2) is 47.8 Å². The van der Waals surface area contributed by atoms with Crippen LogP contribution in [0.5, 0.6) is 0 Å². The molecule has 1 aromatic carbocycles. The van der Waals surface area contributed by atoms with Crippen LogP contribution in [0.3, 0.4) is 0 Å². The lowest BCUT2D eigenvalue weighted by Crippen LogP contribution is -2.32. The van der Waals surface area contributed by atoms with E-state index in [9.17, 15) is 18.0 Å². The number of likely N-dealkylation sites (N-methyl/N-ethyl adjacent to an activating group) is 1. The first-order chi connectivity index (χ1) is 11.2. The number of hydrogen-bond acceptors (Lipinski definition) is 3. The lowest BCUT2D eigenvalue weighted by Gasteiger charge is -2.14. The van der Waals surface area contributed by atoms with Crippen molar-refractivity contribution in [3.05, 3.63) is 47.3 Å². The van der Waals surface area contributed by atoms with Crippen LogP contribution in [0.4, 0.5) is 13.2 Å². The minimum absolute atomic E-state index is 0.249. The molecule has 0 bridgehead atoms. The van der Waals surface area contributed by atoms with E-state index >= 15 is 0 Å². The first-order valence-corrected chi connectivity index (χ1v) is 7.35. The van der Waals surface area contributed by atoms with Crippen LogP contribution in [0.2, 0.25) is 0 Å². The molecule has 0 radical (unpaired) electrons. The molecule has 0 aliphatic carbocycles. The van der Waals surface area contributed by atoms with Gasteiger partial charge in [0.05, 0.1) is 17.4 Å². The molecule has 5 nitrogen and oxygen atoms in total. The summed E-state index contributed by atoms with van der Waals surface area (Å²) in [6.07, 6.45) is -3.75. The molecule has 1 amide bonds. The van der Waals surface area contributed by atoms with E-state index in [0.717, 1.165) is 16.4 Å². The van der Waals surface area contributed by atoms with E-state index in [2.05, 4.69) is 10.4 Å². The summed E-state index contributed by atoms with van der Waals surface area (Å²) >= 11 is 0. The Kier molecular flexibility index (Phi) is 5.28. The molecule has 0 saturated carbocycles. The Morgan fingerprint density at radius 3 is 2.42 bits per heavy atom. The van der Waals surface area contributed by atoms with Crippen molar-refractivity contribution in [3.63, 3.8) is 0 Å². The summed E-state index contributed by atoms with van der Waals surface area (Å²) in [5, 5.41) is 6.25. The van der Waals surface area contributed by atoms with Crippen LogP contribution in [0, 0.1) is 6.92 Å². The highest BCUT2D eigenvalue weighted by Gasteiger charge is 2.40. The van der Waals surface area contributed by atoms with Crippen LogP contribution in [0.15, 0.2) is 30.5 Å². The number of amides is 1. The van der Waals surface area contributed by atoms with Crippen molar-refractivity contribution in [2.24, 2.45) is 0 Å². The molecule has 0 saturated heterocycles. The fourth-order valence-electron chi connectivity index (χ4n) is 2.16. The van der Waals surface area contributed by atoms with Crippen LogP contribution < -0.4 is 5.32 Å². The van der Waals surface area contributed by atoms with Gasteiger partial charge in [-0.15, -0.1) is 0 Å². The van der Waals surface area contributed by atoms with E-state index < -0.39 is 23.3 Å². The normalized spacial score (nSPS) is 11.8. The van der Waals surface area contributed by atoms with Crippen LogP contribution in [-0.2, 0) is 6.18 Å². The number of aromatic nitrogens is 2. The third-order valence-electron chi connectivity index (χ3n) is 3.41. The summed E-state index contributed by atoms with van der Waals surface area (Å²) < 4.78 is 41.2. The van der Waals surface area contributed by atoms with Gasteiger partial charge in [0, 0.05) is 13.1 Å². The molecule has 1 N–H and O–H groups in total. The highest BCUT2D eigenvalue weighted by Crippen LogP contribution is 2.33. The van der Waals surface area contributed by atoms with Gasteiger partial charge in [0.15, 0.2) is 5.69 Å². The van der Waals surface area contributed by atoms with Crippen molar-refractivity contribution in [2.75, 3.05) is 27.2 Å². The summed E-state index contributed by atoms with van der Waals surface area (Å²) in [5.74, 6) is -0.789. The molecule has 0 fully saturated rings. The summed E-state index contributed by atoms with van der Waals surface area (Å²) in [5.41, 5.74) is -0.392. The number of carbonyl (C=O) groups is 1. The number of nitrogens with one attached hydrogen (secondary N) is 1. The molecule has 1 aromatic heterocycles. The van der Waals surface area contributed by atoms with Crippen LogP contribution in [0.1, 0.15) is 21.6 Å². The summed E-state index contributed by atoms with van der Waals surface area (Å²) in [4.78, 5) is 13.9. The fourth-order valence-corrected chi connectivity index (χ4v) is 2.16. The first kappa shape index (κ1) is 18.0. The molecular weight excluding hydrogens is 321 g/mol. The second-order valence-corrected chi connectivity index (χ2v) is 5.71. The lowest BCUT2D eigenvalue weighted by atomic mass is 10.2. The maximum Gasteiger partial charge on any atom is 0.434 e. The predicted molar refractivity (Wildman–Crippen MR) is 84.2 cm³/mol. The molecule has 0 spiro atoms. The van der Waals surface area contributed by atoms with Gasteiger partial charge in [-0.2, -0.15) is 18.3 Å². The number of nitrogens with zero attached hydrogens (tertiary/aromatic N) is 3. The number of aryl methyl sites for hydroxylation is 1. The number of rotatable bonds is 5. The summed E-state index contributed by atoms with van der Waals surface area (Å²) in [6, 6.07) is 6.44. The molecule has 8 heteroatoms. The summed E-state index contributed by atoms with van der Waals surface area (Å²) in [7, 11) is 3.62. The first-order valence-electron chi connectivity index (χ1n) is 7.35. The minimum atomic E-state index is -4.70. The number of benzene rings is 1. The fraction of sp³-hybridized carbons (Fsp3) is 0.375. The Balaban J connectivity index is 2.36. The van der Waals surface area contributed by atoms with Gasteiger partial charge >= 0.3 is 6.18 Å². The largest absolute Gasteiger partial charge is 0.434 e. The third kappa shape index (κ3) is 4.14. The molecule has 2 rings (SSSR count). The smallest absolute Gasteiger partial charge is 0.351 e. The van der Waals surface area contributed by atoms with Crippen LogP contribution >= 0.6 is 0 Å². The van der Waals surface area contributed by atoms with Gasteiger partial charge in [0.2, 0.25) is 0 Å². The zero-order valence-electron chi connectivity index (χ0n) is 13.7. The predicted octanol–water partition coefficient (Wildman–Crippen LogP) is 2.49. The van der Waals surface area contributed by atoms with Gasteiger partial charge in [0.1, 0.15) is 0 Å². The highest BCUT2D eigenvalue weighted by atomic mass is 19.4. The molecule has 0 aliphatic rings. The van der Waals surface area contributed by atoms with Crippen molar-refractivity contribution >= 4 is 5.91 Å². The molecule has 0 unspecified atom stereocenters. The Morgan fingerprint density at radius 1 is 1.25 bits per heavy atom. The van der Waals surface area contributed by atoms with Crippen molar-refractivity contribution in [2.45, 2.75) is 13.1 Å². The van der Waals surface area contributed by atoms with E-state index in [1.165, 1.54) is 12.1 Å². The lowest BCUT2D eigenvalue weighted by molar-refractivity contribution is -0.143. The van der Waals surface area contributed by atoms with E-state index in [-0.39, 0.29) is 12.2 Å². The van der Waals surface area contributed by atoms with E-state index in [1.54, 1.807) is 12.1 Å². The van der Waals surface area contributed by atoms with E-state index in [0.29, 0.717) is 6.54 Å².